The van der Waals surface area contributed by atoms with Crippen molar-refractivity contribution in [3.63, 3.8) is 0 Å². The van der Waals surface area contributed by atoms with Gasteiger partial charge in [0.15, 0.2) is 0 Å². The molecule has 4 fully saturated rings. The Morgan fingerprint density at radius 1 is 0.915 bits per heavy atom. The molecule has 0 aromatic heterocycles. The molecule has 4 aliphatic carbocycles. The summed E-state index contributed by atoms with van der Waals surface area (Å²) in [5.74, 6) is 6.38. The molecule has 4 rings (SSSR count). The van der Waals surface area contributed by atoms with Crippen molar-refractivity contribution in [3.05, 3.63) is 0 Å². The Balaban J connectivity index is 0.00000600. The monoisotopic (exact) mass is 686 g/mol. The third-order valence-corrected chi connectivity index (χ3v) is 14.9. The maximum atomic E-state index is 12.7. The zero-order chi connectivity index (χ0) is 33.9. The predicted octanol–water partition coefficient (Wildman–Crippen LogP) is 9.10. The number of hydrogen-bond donors (Lipinski definition) is 1. The van der Waals surface area contributed by atoms with Gasteiger partial charge in [-0.1, -0.05) is 54.4 Å². The van der Waals surface area contributed by atoms with Crippen LogP contribution in [0.4, 0.5) is 0 Å². The molecule has 0 heterocycles. The van der Waals surface area contributed by atoms with Gasteiger partial charge in [-0.3, -0.25) is 13.8 Å². The molecule has 4 aliphatic rings. The Hall–Kier alpha value is -0.500. The maximum Gasteiger partial charge on any atom is 0.472 e. The highest BCUT2D eigenvalue weighted by Crippen LogP contribution is 2.68. The van der Waals surface area contributed by atoms with Gasteiger partial charge in [0.05, 0.1) is 27.7 Å². The maximum absolute atomic E-state index is 12.7. The van der Waals surface area contributed by atoms with Gasteiger partial charge < -0.3 is 19.6 Å². The minimum atomic E-state index is -4.10. The van der Waals surface area contributed by atoms with Crippen molar-refractivity contribution in [1.82, 2.24) is 0 Å². The van der Waals surface area contributed by atoms with Crippen LogP contribution in [0.15, 0.2) is 0 Å². The van der Waals surface area contributed by atoms with Gasteiger partial charge in [-0.15, -0.1) is 0 Å². The average Bonchev–Trinajstić information content (AvgIpc) is 3.32. The molecule has 276 valence electrons. The van der Waals surface area contributed by atoms with Gasteiger partial charge in [-0.2, -0.15) is 0 Å². The lowest BCUT2D eigenvalue weighted by molar-refractivity contribution is -0.870. The Morgan fingerprint density at radius 3 is 2.23 bits per heavy atom. The molecule has 0 aromatic carbocycles. The van der Waals surface area contributed by atoms with Crippen LogP contribution in [0.25, 0.3) is 0 Å². The van der Waals surface area contributed by atoms with Crippen molar-refractivity contribution < 1.29 is 38.0 Å². The number of fused-ring (bicyclic) bond motifs is 5. The minimum absolute atomic E-state index is 0. The summed E-state index contributed by atoms with van der Waals surface area (Å²) in [6.07, 6.45) is 16.0. The summed E-state index contributed by atoms with van der Waals surface area (Å²) < 4.78 is 28.9. The molecule has 4 saturated carbocycles. The van der Waals surface area contributed by atoms with E-state index in [0.717, 1.165) is 60.7 Å². The summed E-state index contributed by atoms with van der Waals surface area (Å²) in [5, 5.41) is 0. The molecule has 0 radical (unpaired) electrons. The first-order valence-corrected chi connectivity index (χ1v) is 20.6. The predicted molar refractivity (Wildman–Crippen MR) is 188 cm³/mol. The fraction of sp³-hybridized carbons (Fsp3) is 0.974. The van der Waals surface area contributed by atoms with Crippen LogP contribution in [-0.4, -0.2) is 67.8 Å². The first kappa shape index (κ1) is 40.9. The zero-order valence-electron chi connectivity index (χ0n) is 31.5. The number of rotatable bonds is 16. The highest BCUT2D eigenvalue weighted by molar-refractivity contribution is 7.47. The van der Waals surface area contributed by atoms with Gasteiger partial charge in [-0.05, 0) is 129 Å². The topological polar surface area (TPSA) is 112 Å². The number of carbonyl (C=O) groups excluding carboxylic acids is 1. The van der Waals surface area contributed by atoms with Crippen molar-refractivity contribution in [3.8, 4) is 0 Å². The summed E-state index contributed by atoms with van der Waals surface area (Å²) in [4.78, 5) is 22.6. The van der Waals surface area contributed by atoms with E-state index in [9.17, 15) is 14.3 Å². The van der Waals surface area contributed by atoms with Crippen LogP contribution in [0.3, 0.4) is 0 Å². The average molecular weight is 686 g/mol. The van der Waals surface area contributed by atoms with Gasteiger partial charge in [-0.25, -0.2) is 4.57 Å². The Labute approximate surface area is 288 Å². The molecule has 47 heavy (non-hydrogen) atoms. The molecular formula is C38H72NO7P. The Bertz CT molecular complexity index is 1050. The van der Waals surface area contributed by atoms with Crippen LogP contribution in [0.2, 0.25) is 0 Å². The fourth-order valence-corrected chi connectivity index (χ4v) is 11.8. The standard InChI is InChI=1S/C38H70NO6P.H2O/c1-10-29(27(2)3)14-13-28(4)33-17-18-34-32-16-15-30-26-31(19-21-37(30,5)35(32)20-22-38(33,34)6)45-36(40)12-11-24-43-46(41,42)44-25-23-39(7,8)9;/h27-35H,10-26H2,1-9H3;1H2/t28-,29-,30?,31?,32+,33-,34+,35+,37+,38-;/m1./s1. The molecule has 9 heteroatoms. The quantitative estimate of drug-likeness (QED) is 0.0747. The van der Waals surface area contributed by atoms with E-state index < -0.39 is 7.82 Å². The Morgan fingerprint density at radius 2 is 1.57 bits per heavy atom. The molecule has 2 N–H and O–H groups in total. The van der Waals surface area contributed by atoms with E-state index in [1.54, 1.807) is 0 Å². The number of quaternary nitrogens is 1. The second kappa shape index (κ2) is 16.7. The molecule has 8 nitrogen and oxygen atoms in total. The zero-order valence-corrected chi connectivity index (χ0v) is 32.4. The van der Waals surface area contributed by atoms with Gasteiger partial charge >= 0.3 is 13.8 Å². The third-order valence-electron chi connectivity index (χ3n) is 13.9. The van der Waals surface area contributed by atoms with Crippen LogP contribution < -0.4 is 0 Å². The first-order valence-electron chi connectivity index (χ1n) is 19.1. The van der Waals surface area contributed by atoms with E-state index in [2.05, 4.69) is 41.5 Å². The minimum Gasteiger partial charge on any atom is -0.870 e. The summed E-state index contributed by atoms with van der Waals surface area (Å²) in [6.45, 7) is 15.8. The number of hydrogen-bond acceptors (Lipinski definition) is 6. The van der Waals surface area contributed by atoms with E-state index in [4.69, 9.17) is 13.8 Å². The van der Waals surface area contributed by atoms with Gasteiger partial charge in [0.2, 0.25) is 0 Å². The second-order valence-corrected chi connectivity index (χ2v) is 19.4. The molecule has 0 saturated heterocycles. The first-order chi connectivity index (χ1) is 21.5. The highest BCUT2D eigenvalue weighted by Gasteiger charge is 2.60. The summed E-state index contributed by atoms with van der Waals surface area (Å²) in [6, 6.07) is 0. The summed E-state index contributed by atoms with van der Waals surface area (Å²) in [7, 11) is 1.86. The molecule has 0 bridgehead atoms. The van der Waals surface area contributed by atoms with E-state index in [1.807, 2.05) is 21.1 Å². The van der Waals surface area contributed by atoms with Crippen molar-refractivity contribution >= 4 is 13.8 Å². The normalized spacial score (nSPS) is 36.3. The Kier molecular flexibility index (Phi) is 14.5. The van der Waals surface area contributed by atoms with Crippen molar-refractivity contribution in [1.29, 1.82) is 0 Å². The van der Waals surface area contributed by atoms with Crippen molar-refractivity contribution in [2.45, 2.75) is 138 Å². The fourth-order valence-electron chi connectivity index (χ4n) is 11.1. The molecule has 0 aliphatic heterocycles. The van der Waals surface area contributed by atoms with Gasteiger partial charge in [0.1, 0.15) is 19.3 Å². The number of carbonyl (C=O) groups is 1. The summed E-state index contributed by atoms with van der Waals surface area (Å²) >= 11 is 0. The number of phosphoric ester groups is 1. The lowest BCUT2D eigenvalue weighted by atomic mass is 9.44. The number of nitrogens with zero attached hydrogens (tertiary/aromatic N) is 1. The molecule has 11 atom stereocenters. The number of esters is 1. The number of ether oxygens (including phenoxy) is 1. The molecule has 0 aromatic rings. The van der Waals surface area contributed by atoms with Crippen LogP contribution in [0.5, 0.6) is 0 Å². The van der Waals surface area contributed by atoms with Gasteiger partial charge in [0.25, 0.3) is 0 Å². The molecule has 0 amide bonds. The second-order valence-electron chi connectivity index (χ2n) is 18.0. The third kappa shape index (κ3) is 10.1. The van der Waals surface area contributed by atoms with Gasteiger partial charge in [0, 0.05) is 6.42 Å². The van der Waals surface area contributed by atoms with E-state index in [0.29, 0.717) is 34.2 Å². The van der Waals surface area contributed by atoms with E-state index in [-0.39, 0.29) is 37.2 Å². The van der Waals surface area contributed by atoms with Crippen LogP contribution in [-0.2, 0) is 23.1 Å². The largest absolute Gasteiger partial charge is 0.870 e. The highest BCUT2D eigenvalue weighted by atomic mass is 31.2. The van der Waals surface area contributed by atoms with Crippen molar-refractivity contribution in [2.24, 2.45) is 58.2 Å². The summed E-state index contributed by atoms with van der Waals surface area (Å²) in [5.41, 5.74) is 0.881. The van der Waals surface area contributed by atoms with Crippen LogP contribution in [0, 0.1) is 58.2 Å². The smallest absolute Gasteiger partial charge is 0.472 e. The van der Waals surface area contributed by atoms with Crippen LogP contribution >= 0.6 is 7.82 Å². The van der Waals surface area contributed by atoms with Crippen LogP contribution in [0.1, 0.15) is 131 Å². The molecular weight excluding hydrogens is 613 g/mol. The molecule has 0 spiro atoms. The SMILES string of the molecule is CC[C@H](CC[C@@H](C)[C@H]1CC[C@H]2[C@@H]3CCC4CC(OC(=O)CCCOP(=O)(O)OCC[N+](C)(C)C)CC[C@]4(C)[C@H]3CC[C@]12C)C(C)C.[OH-]. The lowest BCUT2D eigenvalue weighted by Crippen LogP contribution is -2.54. The lowest BCUT2D eigenvalue weighted by Gasteiger charge is -2.61. The molecule has 3 unspecified atom stereocenters. The van der Waals surface area contributed by atoms with E-state index in [1.165, 1.54) is 57.8 Å². The number of likely N-dealkylation sites (N-methyl/N-ethyl adjacent to an activating group) is 1. The van der Waals surface area contributed by atoms with E-state index >= 15 is 0 Å². The van der Waals surface area contributed by atoms with Crippen molar-refractivity contribution in [2.75, 3.05) is 40.9 Å². The number of phosphoric acid groups is 1.